The summed E-state index contributed by atoms with van der Waals surface area (Å²) in [5.74, 6) is 0.882. The number of rotatable bonds is 0. The van der Waals surface area contributed by atoms with Gasteiger partial charge in [0, 0.05) is 12.8 Å². The van der Waals surface area contributed by atoms with Crippen molar-refractivity contribution in [1.82, 2.24) is 0 Å². The normalized spacial score (nSPS) is 19.0. The summed E-state index contributed by atoms with van der Waals surface area (Å²) in [4.78, 5) is 8.31. The van der Waals surface area contributed by atoms with E-state index in [2.05, 4.69) is 23.0 Å². The molecule has 0 bridgehead atoms. The predicted molar refractivity (Wildman–Crippen MR) is 44.8 cm³/mol. The average molecular weight is 136 g/mol. The van der Waals surface area contributed by atoms with Crippen molar-refractivity contribution in [3.05, 3.63) is 11.6 Å². The molecule has 0 aromatic rings. The molecule has 10 heavy (non-hydrogen) atoms. The van der Waals surface area contributed by atoms with Crippen molar-refractivity contribution in [2.24, 2.45) is 9.98 Å². The molecular weight excluding hydrogens is 124 g/mol. The quantitative estimate of drug-likeness (QED) is 0.485. The Morgan fingerprint density at radius 1 is 1.40 bits per heavy atom. The third kappa shape index (κ3) is 2.13. The summed E-state index contributed by atoms with van der Waals surface area (Å²) in [6.07, 6.45) is 5.05. The third-order valence-corrected chi connectivity index (χ3v) is 1.39. The van der Waals surface area contributed by atoms with E-state index in [9.17, 15) is 0 Å². The van der Waals surface area contributed by atoms with E-state index in [4.69, 9.17) is 0 Å². The molecular formula is C8H12N2. The minimum atomic E-state index is 0.876. The number of hydrogen-bond donors (Lipinski definition) is 0. The number of hydrogen-bond acceptors (Lipinski definition) is 2. The lowest BCUT2D eigenvalue weighted by molar-refractivity contribution is 0.992. The van der Waals surface area contributed by atoms with Crippen LogP contribution in [0.25, 0.3) is 0 Å². The molecule has 54 valence electrons. The standard InChI is InChI=1S/C8H12N2/c1-7-4-3-5-9-8(2)10-6-7/h4,6H,3,5H2,1-2H3. The Kier molecular flexibility index (Phi) is 2.37. The van der Waals surface area contributed by atoms with Gasteiger partial charge in [-0.1, -0.05) is 6.08 Å². The molecule has 2 heteroatoms. The van der Waals surface area contributed by atoms with E-state index >= 15 is 0 Å². The molecule has 2 nitrogen and oxygen atoms in total. The van der Waals surface area contributed by atoms with Crippen LogP contribution in [-0.4, -0.2) is 18.6 Å². The minimum Gasteiger partial charge on any atom is -0.270 e. The highest BCUT2D eigenvalue weighted by Gasteiger charge is 1.90. The van der Waals surface area contributed by atoms with Crippen LogP contribution in [0.1, 0.15) is 20.3 Å². The van der Waals surface area contributed by atoms with Crippen molar-refractivity contribution < 1.29 is 0 Å². The van der Waals surface area contributed by atoms with E-state index in [0.29, 0.717) is 0 Å². The van der Waals surface area contributed by atoms with Gasteiger partial charge in [0.2, 0.25) is 0 Å². The van der Waals surface area contributed by atoms with Gasteiger partial charge in [-0.05, 0) is 25.8 Å². The number of amidine groups is 1. The number of aliphatic imine (C=N–C) groups is 2. The van der Waals surface area contributed by atoms with Crippen LogP contribution in [0, 0.1) is 0 Å². The molecule has 0 amide bonds. The smallest absolute Gasteiger partial charge is 0.120 e. The second kappa shape index (κ2) is 3.30. The first kappa shape index (κ1) is 7.19. The van der Waals surface area contributed by atoms with E-state index < -0.39 is 0 Å². The van der Waals surface area contributed by atoms with Crippen LogP contribution in [0.15, 0.2) is 21.6 Å². The molecule has 0 N–H and O–H groups in total. The average Bonchev–Trinajstić information content (AvgIpc) is 1.90. The zero-order chi connectivity index (χ0) is 7.40. The summed E-state index contributed by atoms with van der Waals surface area (Å²) in [5.41, 5.74) is 1.23. The molecule has 1 aliphatic heterocycles. The van der Waals surface area contributed by atoms with Gasteiger partial charge in [0.15, 0.2) is 0 Å². The molecule has 0 unspecified atom stereocenters. The van der Waals surface area contributed by atoms with Crippen LogP contribution in [0.5, 0.6) is 0 Å². The van der Waals surface area contributed by atoms with E-state index in [1.807, 2.05) is 13.1 Å². The first-order valence-electron chi connectivity index (χ1n) is 3.51. The van der Waals surface area contributed by atoms with Gasteiger partial charge >= 0.3 is 0 Å². The van der Waals surface area contributed by atoms with Crippen LogP contribution in [0.4, 0.5) is 0 Å². The van der Waals surface area contributed by atoms with Gasteiger partial charge in [0.1, 0.15) is 5.84 Å². The molecule has 0 atom stereocenters. The molecule has 1 aliphatic rings. The maximum absolute atomic E-state index is 4.19. The van der Waals surface area contributed by atoms with E-state index in [0.717, 1.165) is 18.8 Å². The van der Waals surface area contributed by atoms with Gasteiger partial charge < -0.3 is 0 Å². The number of nitrogens with zero attached hydrogens (tertiary/aromatic N) is 2. The summed E-state index contributed by atoms with van der Waals surface area (Å²) in [6, 6.07) is 0. The predicted octanol–water partition coefficient (Wildman–Crippen LogP) is 1.83. The van der Waals surface area contributed by atoms with Crippen molar-refractivity contribution in [3.8, 4) is 0 Å². The Bertz CT molecular complexity index is 177. The highest BCUT2D eigenvalue weighted by atomic mass is 14.9. The summed E-state index contributed by atoms with van der Waals surface area (Å²) in [7, 11) is 0. The molecule has 0 aromatic heterocycles. The Morgan fingerprint density at radius 3 is 3.00 bits per heavy atom. The zero-order valence-corrected chi connectivity index (χ0v) is 6.46. The second-order valence-corrected chi connectivity index (χ2v) is 2.42. The van der Waals surface area contributed by atoms with Crippen LogP contribution < -0.4 is 0 Å². The Hall–Kier alpha value is -0.920. The Labute approximate surface area is 61.4 Å². The highest BCUT2D eigenvalue weighted by Crippen LogP contribution is 1.97. The SMILES string of the molecule is CC1=CCCN=C(C)N=C1. The topological polar surface area (TPSA) is 24.7 Å². The number of allylic oxidation sites excluding steroid dienone is 1. The van der Waals surface area contributed by atoms with Crippen molar-refractivity contribution >= 4 is 12.1 Å². The first-order chi connectivity index (χ1) is 4.79. The molecule has 0 aromatic carbocycles. The maximum Gasteiger partial charge on any atom is 0.120 e. The maximum atomic E-state index is 4.19. The summed E-state index contributed by atoms with van der Waals surface area (Å²) in [6.45, 7) is 4.86. The molecule has 0 spiro atoms. The fourth-order valence-corrected chi connectivity index (χ4v) is 0.807. The molecule has 0 aliphatic carbocycles. The first-order valence-corrected chi connectivity index (χ1v) is 3.51. The van der Waals surface area contributed by atoms with E-state index in [-0.39, 0.29) is 0 Å². The molecule has 1 rings (SSSR count). The van der Waals surface area contributed by atoms with Crippen molar-refractivity contribution in [2.75, 3.05) is 6.54 Å². The Morgan fingerprint density at radius 2 is 2.20 bits per heavy atom. The van der Waals surface area contributed by atoms with Gasteiger partial charge in [-0.25, -0.2) is 4.99 Å². The van der Waals surface area contributed by atoms with Gasteiger partial charge in [0.25, 0.3) is 0 Å². The lowest BCUT2D eigenvalue weighted by atomic mass is 10.2. The largest absolute Gasteiger partial charge is 0.270 e. The van der Waals surface area contributed by atoms with Crippen molar-refractivity contribution in [2.45, 2.75) is 20.3 Å². The summed E-state index contributed by atoms with van der Waals surface area (Å²) >= 11 is 0. The van der Waals surface area contributed by atoms with Gasteiger partial charge in [0.05, 0.1) is 0 Å². The lowest BCUT2D eigenvalue weighted by Crippen LogP contribution is -1.94. The highest BCUT2D eigenvalue weighted by molar-refractivity contribution is 5.93. The monoisotopic (exact) mass is 136 g/mol. The van der Waals surface area contributed by atoms with Gasteiger partial charge in [-0.15, -0.1) is 0 Å². The lowest BCUT2D eigenvalue weighted by Gasteiger charge is -1.97. The molecule has 0 radical (unpaired) electrons. The summed E-state index contributed by atoms with van der Waals surface area (Å²) in [5, 5.41) is 0. The van der Waals surface area contributed by atoms with Crippen LogP contribution in [0.3, 0.4) is 0 Å². The van der Waals surface area contributed by atoms with Crippen LogP contribution in [0.2, 0.25) is 0 Å². The summed E-state index contributed by atoms with van der Waals surface area (Å²) < 4.78 is 0. The molecule has 1 heterocycles. The zero-order valence-electron chi connectivity index (χ0n) is 6.46. The fraction of sp³-hybridized carbons (Fsp3) is 0.500. The van der Waals surface area contributed by atoms with Crippen molar-refractivity contribution in [1.29, 1.82) is 0 Å². The van der Waals surface area contributed by atoms with Crippen LogP contribution >= 0.6 is 0 Å². The second-order valence-electron chi connectivity index (χ2n) is 2.42. The van der Waals surface area contributed by atoms with E-state index in [1.54, 1.807) is 0 Å². The van der Waals surface area contributed by atoms with Gasteiger partial charge in [-0.3, -0.25) is 4.99 Å². The van der Waals surface area contributed by atoms with Gasteiger partial charge in [-0.2, -0.15) is 0 Å². The van der Waals surface area contributed by atoms with E-state index in [1.165, 1.54) is 5.57 Å². The Balaban J connectivity index is 2.73. The fourth-order valence-electron chi connectivity index (χ4n) is 0.807. The van der Waals surface area contributed by atoms with Crippen LogP contribution in [-0.2, 0) is 0 Å². The molecule has 0 saturated carbocycles. The molecule has 0 saturated heterocycles. The third-order valence-electron chi connectivity index (χ3n) is 1.39. The van der Waals surface area contributed by atoms with Crippen molar-refractivity contribution in [3.63, 3.8) is 0 Å². The minimum absolute atomic E-state index is 0.876. The molecule has 0 fully saturated rings.